The smallest absolute Gasteiger partial charge is 0.127 e. The van der Waals surface area contributed by atoms with Crippen molar-refractivity contribution in [2.45, 2.75) is 49.9 Å². The van der Waals surface area contributed by atoms with E-state index in [1.807, 2.05) is 36.9 Å². The summed E-state index contributed by atoms with van der Waals surface area (Å²) in [6, 6.07) is 135. The van der Waals surface area contributed by atoms with Crippen LogP contribution >= 0.6 is 0 Å². The van der Waals surface area contributed by atoms with Gasteiger partial charge in [0.2, 0.25) is 0 Å². The second-order valence-corrected chi connectivity index (χ2v) is 33.7. The van der Waals surface area contributed by atoms with Gasteiger partial charge in [-0.2, -0.15) is 0 Å². The molecule has 1 fully saturated rings. The molecule has 2 aliphatic carbocycles. The van der Waals surface area contributed by atoms with Crippen LogP contribution in [0.1, 0.15) is 55.7 Å². The molecule has 2 aliphatic rings. The van der Waals surface area contributed by atoms with Gasteiger partial charge in [0, 0.05) is 140 Å². The number of rotatable bonds is 13. The van der Waals surface area contributed by atoms with Gasteiger partial charge in [0.15, 0.2) is 0 Å². The highest BCUT2D eigenvalue weighted by Gasteiger charge is 2.48. The molecule has 578 valence electrons. The first-order valence-electron chi connectivity index (χ1n) is 42.7. The lowest BCUT2D eigenvalue weighted by atomic mass is 9.54. The van der Waals surface area contributed by atoms with E-state index in [-0.39, 0.29) is 16.7 Å². The van der Waals surface area contributed by atoms with Gasteiger partial charge < -0.3 is 32.1 Å². The maximum absolute atomic E-state index is 6.57. The van der Waals surface area contributed by atoms with Crippen LogP contribution < -0.4 is 4.74 Å². The van der Waals surface area contributed by atoms with E-state index in [2.05, 4.69) is 403 Å². The summed E-state index contributed by atoms with van der Waals surface area (Å²) in [5.41, 5.74) is 28.3. The molecule has 9 heteroatoms. The molecule has 0 bridgehead atoms. The van der Waals surface area contributed by atoms with Crippen molar-refractivity contribution in [2.24, 2.45) is 5.92 Å². The lowest BCUT2D eigenvalue weighted by Gasteiger charge is -2.50. The third-order valence-corrected chi connectivity index (χ3v) is 27.6. The second kappa shape index (κ2) is 27.4. The minimum absolute atomic E-state index is 0.247. The Balaban J connectivity index is 0.581. The van der Waals surface area contributed by atoms with E-state index >= 15 is 0 Å². The van der Waals surface area contributed by atoms with E-state index in [4.69, 9.17) is 9.72 Å². The minimum Gasteiger partial charge on any atom is -0.457 e. The van der Waals surface area contributed by atoms with Crippen molar-refractivity contribution in [2.75, 3.05) is 0 Å². The molecule has 0 spiro atoms. The van der Waals surface area contributed by atoms with Gasteiger partial charge in [0.05, 0.1) is 66.2 Å². The number of allylic oxidation sites excluding steroid dienone is 4. The molecule has 1 atom stereocenters. The topological polar surface area (TPSA) is 64.6 Å². The molecular weight excluding hydrogens is 1490 g/mol. The fourth-order valence-corrected chi connectivity index (χ4v) is 21.9. The maximum Gasteiger partial charge on any atom is 0.127 e. The third kappa shape index (κ3) is 10.5. The maximum atomic E-state index is 6.57. The third-order valence-electron chi connectivity index (χ3n) is 27.6. The highest BCUT2D eigenvalue weighted by atomic mass is 16.5. The summed E-state index contributed by atoms with van der Waals surface area (Å²) in [6.45, 7) is 2.47. The molecular formula is C113H80N8O. The van der Waals surface area contributed by atoms with Gasteiger partial charge in [-0.15, -0.1) is 0 Å². The SMILES string of the molecule is CC1CC(C2(c3ccc(-n4c5ccccc5c5ccccc54)cc3)CCC(c3ccc(-n4c5ccccc5c5ccccc54)cc3)(c3ccc(-n4c5ccccc5c5cc(-c6cccc7c6c6cnccc6n7-c6ccc(Oc7ccc(-n8c9ccccc9c9cnccc98)cc7)cc6)ccc54)cc3)CC2)=CC=C1n1c2ccccc2c2ccccc21. The van der Waals surface area contributed by atoms with Crippen LogP contribution in [0.3, 0.4) is 0 Å². The first kappa shape index (κ1) is 69.8. The molecule has 0 N–H and O–H groups in total. The van der Waals surface area contributed by atoms with Gasteiger partial charge in [-0.3, -0.25) is 9.97 Å². The lowest BCUT2D eigenvalue weighted by molar-refractivity contribution is 0.246. The number of hydrogen-bond donors (Lipinski definition) is 0. The molecule has 15 aromatic carbocycles. The monoisotopic (exact) mass is 1560 g/mol. The predicted molar refractivity (Wildman–Crippen MR) is 505 cm³/mol. The summed E-state index contributed by atoms with van der Waals surface area (Å²) in [6.07, 6.45) is 17.5. The van der Waals surface area contributed by atoms with Crippen molar-refractivity contribution in [3.05, 3.63) is 423 Å². The summed E-state index contributed by atoms with van der Waals surface area (Å²) < 4.78 is 21.2. The Bertz CT molecular complexity index is 8040. The van der Waals surface area contributed by atoms with E-state index < -0.39 is 0 Å². The van der Waals surface area contributed by atoms with Crippen molar-refractivity contribution in [1.82, 2.24) is 37.4 Å². The van der Waals surface area contributed by atoms with E-state index in [1.165, 1.54) is 121 Å². The Morgan fingerprint density at radius 3 is 1.01 bits per heavy atom. The molecule has 0 radical (unpaired) electrons. The normalized spacial score (nSPS) is 16.5. The van der Waals surface area contributed by atoms with E-state index in [1.54, 1.807) is 0 Å². The number of nitrogens with zero attached hydrogens (tertiary/aromatic N) is 8. The summed E-state index contributed by atoms with van der Waals surface area (Å²) in [5.74, 6) is 1.76. The van der Waals surface area contributed by atoms with E-state index in [9.17, 15) is 0 Å². The molecule has 0 aliphatic heterocycles. The molecule has 23 aromatic rings. The number of ether oxygens (including phenoxy) is 1. The fraction of sp³-hybridized carbons (Fsp3) is 0.0796. The first-order valence-corrected chi connectivity index (χ1v) is 42.7. The zero-order valence-corrected chi connectivity index (χ0v) is 67.2. The Hall–Kier alpha value is -15.3. The largest absolute Gasteiger partial charge is 0.457 e. The Morgan fingerprint density at radius 1 is 0.270 bits per heavy atom. The minimum atomic E-state index is -0.341. The number of fused-ring (bicyclic) bond motifs is 18. The highest BCUT2D eigenvalue weighted by molar-refractivity contribution is 6.18. The molecule has 9 nitrogen and oxygen atoms in total. The quantitative estimate of drug-likeness (QED) is 0.116. The van der Waals surface area contributed by atoms with Crippen molar-refractivity contribution in [1.29, 1.82) is 0 Å². The first-order chi connectivity index (χ1) is 60.4. The van der Waals surface area contributed by atoms with Crippen LogP contribution in [-0.4, -0.2) is 37.4 Å². The van der Waals surface area contributed by atoms with Crippen molar-refractivity contribution >= 4 is 137 Å². The van der Waals surface area contributed by atoms with Crippen LogP contribution in [0, 0.1) is 5.92 Å². The number of aromatic nitrogens is 8. The average molecular weight is 1570 g/mol. The van der Waals surface area contributed by atoms with E-state index in [0.717, 1.165) is 121 Å². The second-order valence-electron chi connectivity index (χ2n) is 33.7. The molecule has 122 heavy (non-hydrogen) atoms. The Morgan fingerprint density at radius 2 is 0.590 bits per heavy atom. The highest BCUT2D eigenvalue weighted by Crippen LogP contribution is 2.58. The zero-order chi connectivity index (χ0) is 80.3. The van der Waals surface area contributed by atoms with Crippen LogP contribution in [0.25, 0.3) is 176 Å². The van der Waals surface area contributed by atoms with Gasteiger partial charge in [0.25, 0.3) is 0 Å². The zero-order valence-electron chi connectivity index (χ0n) is 67.2. The fourth-order valence-electron chi connectivity index (χ4n) is 21.9. The lowest BCUT2D eigenvalue weighted by Crippen LogP contribution is -2.42. The number of hydrogen-bond acceptors (Lipinski definition) is 3. The van der Waals surface area contributed by atoms with Crippen molar-refractivity contribution in [3.8, 4) is 51.1 Å². The summed E-state index contributed by atoms with van der Waals surface area (Å²) in [4.78, 5) is 9.23. The predicted octanol–water partition coefficient (Wildman–Crippen LogP) is 28.8. The summed E-state index contributed by atoms with van der Waals surface area (Å²) in [5, 5.41) is 14.6. The van der Waals surface area contributed by atoms with Gasteiger partial charge in [-0.25, -0.2) is 0 Å². The number of benzene rings is 15. The van der Waals surface area contributed by atoms with Gasteiger partial charge >= 0.3 is 0 Å². The molecule has 1 saturated carbocycles. The molecule has 8 heterocycles. The van der Waals surface area contributed by atoms with Gasteiger partial charge in [-0.05, 0) is 230 Å². The number of para-hydroxylation sites is 8. The molecule has 25 rings (SSSR count). The van der Waals surface area contributed by atoms with E-state index in [0.29, 0.717) is 0 Å². The van der Waals surface area contributed by atoms with Crippen molar-refractivity contribution < 1.29 is 4.74 Å². The Kier molecular flexibility index (Phi) is 15.7. The molecule has 0 saturated heterocycles. The van der Waals surface area contributed by atoms with Crippen molar-refractivity contribution in [3.63, 3.8) is 0 Å². The van der Waals surface area contributed by atoms with Crippen LogP contribution in [-0.2, 0) is 10.8 Å². The molecule has 0 amide bonds. The number of pyridine rings is 2. The van der Waals surface area contributed by atoms with Crippen LogP contribution in [0.5, 0.6) is 11.5 Å². The van der Waals surface area contributed by atoms with Crippen LogP contribution in [0.4, 0.5) is 0 Å². The molecule has 1 unspecified atom stereocenters. The van der Waals surface area contributed by atoms with Crippen LogP contribution in [0.15, 0.2) is 406 Å². The standard InChI is InChI=1S/C113H80N8O/c1-73-69-78(44-60-98(73)121-105-34-16-6-23-91(105)92-24-7-17-35-106(92)121)113(77-42-49-80(50-43-77)117-101-30-12-4-21-89(101)90-22-5-13-31-102(90)117)65-63-112(64-66-113,75-38-45-79(46-39-75)116-99-28-10-2-19-87(99)88-20-3-11-29-100(88)116)76-40-47-81(48-41-76)118-103-32-14-8-25-93(103)95-70-74(37-59-107(95)118)86-27-18-36-110-111(86)97-72-115-68-62-109(97)120(110)83-53-57-85(58-54-83)122-84-55-51-82(52-56-84)119-104-33-15-9-26-94(104)96-71-114-67-61-108(96)119/h2-62,67-68,70-73H,63-66,69H2,1H3. The average Bonchev–Trinajstić information content (AvgIpc) is 1.15. The van der Waals surface area contributed by atoms with Gasteiger partial charge in [0.1, 0.15) is 11.5 Å². The summed E-state index contributed by atoms with van der Waals surface area (Å²) >= 11 is 0. The Labute approximate surface area is 704 Å². The van der Waals surface area contributed by atoms with Crippen LogP contribution in [0.2, 0.25) is 0 Å². The summed E-state index contributed by atoms with van der Waals surface area (Å²) in [7, 11) is 0. The van der Waals surface area contributed by atoms with Gasteiger partial charge in [-0.1, -0.05) is 219 Å². The molecule has 8 aromatic heterocycles.